The number of ether oxygens (including phenoxy) is 9. The molecule has 9 nitrogen and oxygen atoms in total. The first-order chi connectivity index (χ1) is 33.6. The minimum absolute atomic E-state index is 0.212. The summed E-state index contributed by atoms with van der Waals surface area (Å²) in [6.07, 6.45) is -0.855. The minimum atomic E-state index is -0.855. The summed E-state index contributed by atoms with van der Waals surface area (Å²) in [5.74, 6) is 4.65. The Morgan fingerprint density at radius 3 is 1.25 bits per heavy atom. The van der Waals surface area contributed by atoms with Crippen molar-refractivity contribution in [2.45, 2.75) is 39.1 Å². The Bertz CT molecular complexity index is 2900. The van der Waals surface area contributed by atoms with E-state index < -0.39 is 6.10 Å². The molecule has 0 unspecified atom stereocenters. The van der Waals surface area contributed by atoms with Gasteiger partial charge in [0, 0.05) is 35.4 Å². The van der Waals surface area contributed by atoms with E-state index in [9.17, 15) is 0 Å². The summed E-state index contributed by atoms with van der Waals surface area (Å²) in [5, 5.41) is 0. The van der Waals surface area contributed by atoms with E-state index in [1.165, 1.54) is 0 Å². The van der Waals surface area contributed by atoms with Gasteiger partial charge in [-0.15, -0.1) is 0 Å². The zero-order chi connectivity index (χ0) is 46.5. The molecule has 8 aromatic rings. The Labute approximate surface area is 397 Å². The summed E-state index contributed by atoms with van der Waals surface area (Å²) >= 11 is 0. The molecule has 0 saturated carbocycles. The van der Waals surface area contributed by atoms with Gasteiger partial charge in [-0.2, -0.15) is 0 Å². The molecule has 1 aliphatic rings. The molecule has 0 saturated heterocycles. The van der Waals surface area contributed by atoms with Gasteiger partial charge in [0.25, 0.3) is 0 Å². The minimum Gasteiger partial charge on any atom is -0.496 e. The number of benzene rings is 8. The first-order valence-corrected chi connectivity index (χ1v) is 22.4. The lowest BCUT2D eigenvalue weighted by atomic mass is 9.88. The van der Waals surface area contributed by atoms with Crippen molar-refractivity contribution in [2.24, 2.45) is 0 Å². The van der Waals surface area contributed by atoms with Gasteiger partial charge in [0.1, 0.15) is 67.5 Å². The van der Waals surface area contributed by atoms with Crippen LogP contribution < -0.4 is 37.9 Å². The van der Waals surface area contributed by atoms with Gasteiger partial charge in [-0.3, -0.25) is 0 Å². The van der Waals surface area contributed by atoms with Crippen LogP contribution in [0.2, 0.25) is 0 Å². The summed E-state index contributed by atoms with van der Waals surface area (Å²) in [7, 11) is 4.86. The monoisotopic (exact) mass is 904 g/mol. The highest BCUT2D eigenvalue weighted by molar-refractivity contribution is 5.94. The predicted molar refractivity (Wildman–Crippen MR) is 263 cm³/mol. The molecule has 1 heterocycles. The Balaban J connectivity index is 1.26. The molecule has 0 amide bonds. The maximum atomic E-state index is 7.29. The molecule has 9 rings (SSSR count). The van der Waals surface area contributed by atoms with Gasteiger partial charge in [-0.1, -0.05) is 158 Å². The highest BCUT2D eigenvalue weighted by atomic mass is 16.5. The van der Waals surface area contributed by atoms with Crippen molar-refractivity contribution in [1.82, 2.24) is 0 Å². The third-order valence-corrected chi connectivity index (χ3v) is 11.5. The fourth-order valence-electron chi connectivity index (χ4n) is 8.01. The van der Waals surface area contributed by atoms with E-state index in [-0.39, 0.29) is 13.2 Å². The molecule has 1 atom stereocenters. The topological polar surface area (TPSA) is 83.1 Å². The molecule has 1 aliphatic heterocycles. The third-order valence-electron chi connectivity index (χ3n) is 11.5. The first-order valence-electron chi connectivity index (χ1n) is 22.4. The molecule has 0 radical (unpaired) electrons. The van der Waals surface area contributed by atoms with E-state index in [0.717, 1.165) is 33.4 Å². The van der Waals surface area contributed by atoms with Gasteiger partial charge in [-0.05, 0) is 39.9 Å². The van der Waals surface area contributed by atoms with Crippen molar-refractivity contribution >= 4 is 5.57 Å². The van der Waals surface area contributed by atoms with Crippen molar-refractivity contribution in [2.75, 3.05) is 21.3 Å². The lowest BCUT2D eigenvalue weighted by Gasteiger charge is -2.34. The van der Waals surface area contributed by atoms with Gasteiger partial charge in [0.2, 0.25) is 0 Å². The fraction of sp³-hybridized carbons (Fsp3) is 0.153. The van der Waals surface area contributed by atoms with E-state index in [1.807, 2.05) is 194 Å². The number of hydrogen-bond donors (Lipinski definition) is 0. The average molecular weight is 905 g/mol. The number of methoxy groups -OCH3 is 3. The molecule has 0 bridgehead atoms. The van der Waals surface area contributed by atoms with Crippen molar-refractivity contribution in [1.29, 1.82) is 0 Å². The molecule has 0 N–H and O–H groups in total. The van der Waals surface area contributed by atoms with Crippen molar-refractivity contribution in [3.8, 4) is 46.0 Å². The van der Waals surface area contributed by atoms with Gasteiger partial charge in [0.05, 0.1) is 32.5 Å². The largest absolute Gasteiger partial charge is 0.496 e. The molecule has 0 spiro atoms. The smallest absolute Gasteiger partial charge is 0.181 e. The Kier molecular flexibility index (Phi) is 14.4. The molecule has 8 aromatic carbocycles. The normalized spacial score (nSPS) is 12.8. The second-order valence-electron chi connectivity index (χ2n) is 16.0. The maximum Gasteiger partial charge on any atom is 0.181 e. The van der Waals surface area contributed by atoms with Crippen LogP contribution in [0, 0.1) is 0 Å². The number of hydrogen-bond acceptors (Lipinski definition) is 9. The molecular weight excluding hydrogens is 853 g/mol. The zero-order valence-electron chi connectivity index (χ0n) is 38.3. The first kappa shape index (κ1) is 44.9. The standard InChI is InChI=1S/C59H52O9/c1-60-47-32-51(61-2)55(52(33-47)62-3)57-56-53(66-39-44-25-15-7-16-26-44)34-48(63-36-41-19-9-4-10-20-41)35-54(56)68-58(59(57)67-40-45-27-17-8-18-28-45)46-29-30-49(64-37-42-21-11-5-12-22-42)50(31-46)65-38-43-23-13-6-14-24-43/h4-35,58H,36-40H2,1-3H3/t58-/m1/s1. The van der Waals surface area contributed by atoms with Crippen molar-refractivity contribution < 1.29 is 42.6 Å². The summed E-state index contributed by atoms with van der Waals surface area (Å²) in [4.78, 5) is 0. The summed E-state index contributed by atoms with van der Waals surface area (Å²) in [5.41, 5.74) is 7.59. The van der Waals surface area contributed by atoms with E-state index >= 15 is 0 Å². The van der Waals surface area contributed by atoms with E-state index in [0.29, 0.717) is 88.3 Å². The lowest BCUT2D eigenvalue weighted by molar-refractivity contribution is 0.104. The SMILES string of the molecule is COc1cc(OC)c(C2=C(OCc3ccccc3)[C@@H](c3ccc(OCc4ccccc4)c(OCc4ccccc4)c3)Oc3cc(OCc4ccccc4)cc(OCc4ccccc4)c32)c(OC)c1. The van der Waals surface area contributed by atoms with Crippen LogP contribution in [0.5, 0.6) is 46.0 Å². The van der Waals surface area contributed by atoms with Gasteiger partial charge < -0.3 is 42.6 Å². The lowest BCUT2D eigenvalue weighted by Crippen LogP contribution is -2.21. The van der Waals surface area contributed by atoms with Crippen LogP contribution in [0.1, 0.15) is 50.6 Å². The highest BCUT2D eigenvalue weighted by Gasteiger charge is 2.39. The zero-order valence-corrected chi connectivity index (χ0v) is 38.3. The van der Waals surface area contributed by atoms with Gasteiger partial charge in [0.15, 0.2) is 23.4 Å². The summed E-state index contributed by atoms with van der Waals surface area (Å²) in [6, 6.07) is 63.5. The molecule has 9 heteroatoms. The second-order valence-corrected chi connectivity index (χ2v) is 16.0. The Morgan fingerprint density at radius 1 is 0.353 bits per heavy atom. The molecule has 0 fully saturated rings. The number of fused-ring (bicyclic) bond motifs is 1. The molecule has 0 aliphatic carbocycles. The molecule has 0 aromatic heterocycles. The molecule has 68 heavy (non-hydrogen) atoms. The van der Waals surface area contributed by atoms with E-state index in [1.54, 1.807) is 21.3 Å². The van der Waals surface area contributed by atoms with Crippen LogP contribution in [-0.2, 0) is 37.8 Å². The summed E-state index contributed by atoms with van der Waals surface area (Å²) < 4.78 is 59.1. The van der Waals surface area contributed by atoms with Crippen LogP contribution in [-0.4, -0.2) is 21.3 Å². The van der Waals surface area contributed by atoms with Gasteiger partial charge >= 0.3 is 0 Å². The van der Waals surface area contributed by atoms with Crippen LogP contribution >= 0.6 is 0 Å². The maximum absolute atomic E-state index is 7.29. The quantitative estimate of drug-likeness (QED) is 0.0742. The Hall–Kier alpha value is -8.30. The van der Waals surface area contributed by atoms with Crippen LogP contribution in [0.3, 0.4) is 0 Å². The Morgan fingerprint density at radius 2 is 0.779 bits per heavy atom. The van der Waals surface area contributed by atoms with Crippen LogP contribution in [0.25, 0.3) is 5.57 Å². The summed E-state index contributed by atoms with van der Waals surface area (Å²) in [6.45, 7) is 1.45. The fourth-order valence-corrected chi connectivity index (χ4v) is 8.01. The van der Waals surface area contributed by atoms with E-state index in [4.69, 9.17) is 42.6 Å². The average Bonchev–Trinajstić information content (AvgIpc) is 3.40. The molecule has 342 valence electrons. The highest BCUT2D eigenvalue weighted by Crippen LogP contribution is 2.55. The number of rotatable bonds is 20. The van der Waals surface area contributed by atoms with Gasteiger partial charge in [-0.25, -0.2) is 0 Å². The van der Waals surface area contributed by atoms with Crippen molar-refractivity contribution in [3.63, 3.8) is 0 Å². The third kappa shape index (κ3) is 10.7. The molecular formula is C59H52O9. The second kappa shape index (κ2) is 21.8. The van der Waals surface area contributed by atoms with Crippen LogP contribution in [0.4, 0.5) is 0 Å². The van der Waals surface area contributed by atoms with Crippen molar-refractivity contribution in [3.05, 3.63) is 244 Å². The predicted octanol–water partition coefficient (Wildman–Crippen LogP) is 13.1. The van der Waals surface area contributed by atoms with E-state index in [2.05, 4.69) is 0 Å². The van der Waals surface area contributed by atoms with Crippen LogP contribution in [0.15, 0.2) is 200 Å².